The summed E-state index contributed by atoms with van der Waals surface area (Å²) >= 11 is 0. The summed E-state index contributed by atoms with van der Waals surface area (Å²) < 4.78 is 36.6. The van der Waals surface area contributed by atoms with Gasteiger partial charge in [-0.15, -0.1) is 0 Å². The fraction of sp³-hybridized carbons (Fsp3) is 0.250. The normalized spacial score (nSPS) is 14.5. The van der Waals surface area contributed by atoms with Crippen molar-refractivity contribution < 1.29 is 27.5 Å². The summed E-state index contributed by atoms with van der Waals surface area (Å²) in [5, 5.41) is 11.4. The number of hydrogen-bond donors (Lipinski definition) is 1. The Balaban J connectivity index is 1.56. The Bertz CT molecular complexity index is 1070. The molecule has 156 valence electrons. The number of hydrogen-bond acceptors (Lipinski definition) is 7. The van der Waals surface area contributed by atoms with Gasteiger partial charge in [0.2, 0.25) is 10.0 Å². The number of sulfonamides is 1. The van der Waals surface area contributed by atoms with Gasteiger partial charge in [-0.3, -0.25) is 4.79 Å². The van der Waals surface area contributed by atoms with E-state index in [0.29, 0.717) is 24.5 Å². The lowest BCUT2D eigenvalue weighted by Gasteiger charge is -2.26. The second kappa shape index (κ2) is 9.49. The molecule has 1 fully saturated rings. The smallest absolute Gasteiger partial charge is 0.338 e. The fourth-order valence-electron chi connectivity index (χ4n) is 2.78. The van der Waals surface area contributed by atoms with Crippen molar-refractivity contribution in [3.63, 3.8) is 0 Å². The number of ether oxygens (including phenoxy) is 2. The first-order valence-electron chi connectivity index (χ1n) is 9.05. The van der Waals surface area contributed by atoms with Gasteiger partial charge < -0.3 is 14.8 Å². The minimum absolute atomic E-state index is 0.0658. The predicted octanol–water partition coefficient (Wildman–Crippen LogP) is 1.37. The summed E-state index contributed by atoms with van der Waals surface area (Å²) in [4.78, 5) is 24.2. The molecule has 0 aliphatic carbocycles. The van der Waals surface area contributed by atoms with E-state index in [1.54, 1.807) is 18.2 Å². The van der Waals surface area contributed by atoms with Gasteiger partial charge in [0.15, 0.2) is 6.61 Å². The highest BCUT2D eigenvalue weighted by Gasteiger charge is 2.26. The number of amides is 1. The first kappa shape index (κ1) is 21.4. The molecular formula is C20H19N3O6S. The van der Waals surface area contributed by atoms with Crippen LogP contribution in [0.5, 0.6) is 0 Å². The zero-order valence-corrected chi connectivity index (χ0v) is 16.7. The van der Waals surface area contributed by atoms with E-state index in [0.717, 1.165) is 0 Å². The van der Waals surface area contributed by atoms with Crippen LogP contribution in [0.1, 0.15) is 15.9 Å². The van der Waals surface area contributed by atoms with Crippen LogP contribution in [0.3, 0.4) is 0 Å². The maximum Gasteiger partial charge on any atom is 0.338 e. The molecule has 0 spiro atoms. The Morgan fingerprint density at radius 3 is 2.50 bits per heavy atom. The number of nitriles is 1. The van der Waals surface area contributed by atoms with Crippen LogP contribution in [0.4, 0.5) is 5.69 Å². The van der Waals surface area contributed by atoms with E-state index in [1.807, 2.05) is 6.07 Å². The first-order chi connectivity index (χ1) is 14.4. The summed E-state index contributed by atoms with van der Waals surface area (Å²) in [6.07, 6.45) is 0. The molecule has 1 aliphatic rings. The third-order valence-electron chi connectivity index (χ3n) is 4.31. The molecule has 2 aromatic rings. The maximum absolute atomic E-state index is 12.6. The van der Waals surface area contributed by atoms with E-state index in [1.165, 1.54) is 34.6 Å². The lowest BCUT2D eigenvalue weighted by atomic mass is 10.2. The molecule has 30 heavy (non-hydrogen) atoms. The Hall–Kier alpha value is -3.26. The summed E-state index contributed by atoms with van der Waals surface area (Å²) in [6, 6.07) is 13.6. The Labute approximate surface area is 173 Å². The van der Waals surface area contributed by atoms with Crippen LogP contribution >= 0.6 is 0 Å². The topological polar surface area (TPSA) is 126 Å². The van der Waals surface area contributed by atoms with Crippen LogP contribution in [0, 0.1) is 11.3 Å². The van der Waals surface area contributed by atoms with E-state index in [-0.39, 0.29) is 23.5 Å². The monoisotopic (exact) mass is 429 g/mol. The molecule has 0 aromatic heterocycles. The Kier molecular flexibility index (Phi) is 6.79. The second-order valence-electron chi connectivity index (χ2n) is 6.36. The van der Waals surface area contributed by atoms with Crippen molar-refractivity contribution in [2.24, 2.45) is 0 Å². The van der Waals surface area contributed by atoms with Gasteiger partial charge in [-0.2, -0.15) is 9.57 Å². The van der Waals surface area contributed by atoms with E-state index < -0.39 is 28.5 Å². The van der Waals surface area contributed by atoms with Gasteiger partial charge in [0, 0.05) is 18.8 Å². The summed E-state index contributed by atoms with van der Waals surface area (Å²) in [5.41, 5.74) is 0.917. The molecule has 1 N–H and O–H groups in total. The highest BCUT2D eigenvalue weighted by molar-refractivity contribution is 7.89. The summed E-state index contributed by atoms with van der Waals surface area (Å²) in [6.45, 7) is 0.708. The van der Waals surface area contributed by atoms with Crippen LogP contribution in [-0.2, 0) is 24.3 Å². The zero-order valence-electron chi connectivity index (χ0n) is 15.9. The Morgan fingerprint density at radius 1 is 1.13 bits per heavy atom. The molecular weight excluding hydrogens is 410 g/mol. The molecule has 1 aliphatic heterocycles. The fourth-order valence-corrected chi connectivity index (χ4v) is 4.18. The second-order valence-corrected chi connectivity index (χ2v) is 8.30. The molecule has 0 atom stereocenters. The lowest BCUT2D eigenvalue weighted by molar-refractivity contribution is -0.119. The molecule has 1 heterocycles. The molecule has 3 rings (SSSR count). The number of rotatable bonds is 6. The minimum atomic E-state index is -3.66. The molecule has 1 saturated heterocycles. The number of esters is 1. The SMILES string of the molecule is N#Cc1cccc(NC(=O)COC(=O)c2ccc(S(=O)(=O)N3CCOCC3)cc2)c1. The number of nitrogens with zero attached hydrogens (tertiary/aromatic N) is 2. The largest absolute Gasteiger partial charge is 0.452 e. The van der Waals surface area contributed by atoms with Crippen molar-refractivity contribution in [1.82, 2.24) is 4.31 Å². The highest BCUT2D eigenvalue weighted by Crippen LogP contribution is 2.18. The molecule has 0 unspecified atom stereocenters. The van der Waals surface area contributed by atoms with Gasteiger partial charge >= 0.3 is 5.97 Å². The number of morpholine rings is 1. The molecule has 10 heteroatoms. The van der Waals surface area contributed by atoms with Crippen molar-refractivity contribution in [2.45, 2.75) is 4.90 Å². The number of anilines is 1. The van der Waals surface area contributed by atoms with Crippen LogP contribution in [-0.4, -0.2) is 57.5 Å². The van der Waals surface area contributed by atoms with Crippen molar-refractivity contribution in [3.8, 4) is 6.07 Å². The van der Waals surface area contributed by atoms with Gasteiger partial charge in [-0.1, -0.05) is 6.07 Å². The molecule has 9 nitrogen and oxygen atoms in total. The van der Waals surface area contributed by atoms with Gasteiger partial charge in [0.1, 0.15) is 0 Å². The van der Waals surface area contributed by atoms with Crippen LogP contribution in [0.15, 0.2) is 53.4 Å². The van der Waals surface area contributed by atoms with Crippen molar-refractivity contribution in [1.29, 1.82) is 5.26 Å². The summed E-state index contributed by atoms with van der Waals surface area (Å²) in [5.74, 6) is -1.32. The van der Waals surface area contributed by atoms with Crippen molar-refractivity contribution in [2.75, 3.05) is 38.2 Å². The molecule has 0 saturated carbocycles. The third kappa shape index (κ3) is 5.21. The average Bonchev–Trinajstić information content (AvgIpc) is 2.78. The van der Waals surface area contributed by atoms with Gasteiger partial charge in [0.25, 0.3) is 5.91 Å². The number of carbonyl (C=O) groups excluding carboxylic acids is 2. The Morgan fingerprint density at radius 2 is 1.83 bits per heavy atom. The minimum Gasteiger partial charge on any atom is -0.452 e. The lowest BCUT2D eigenvalue weighted by Crippen LogP contribution is -2.40. The molecule has 0 radical (unpaired) electrons. The van der Waals surface area contributed by atoms with Crippen molar-refractivity contribution >= 4 is 27.6 Å². The van der Waals surface area contributed by atoms with Crippen molar-refractivity contribution in [3.05, 3.63) is 59.7 Å². The average molecular weight is 429 g/mol. The maximum atomic E-state index is 12.6. The van der Waals surface area contributed by atoms with Gasteiger partial charge in [0.05, 0.1) is 35.3 Å². The third-order valence-corrected chi connectivity index (χ3v) is 6.22. The standard InChI is InChI=1S/C20H19N3O6S/c21-13-15-2-1-3-17(12-15)22-19(24)14-29-20(25)16-4-6-18(7-5-16)30(26,27)23-8-10-28-11-9-23/h1-7,12H,8-11,14H2,(H,22,24). The number of benzene rings is 2. The number of carbonyl (C=O) groups is 2. The van der Waals surface area contributed by atoms with E-state index in [4.69, 9.17) is 14.7 Å². The zero-order chi connectivity index (χ0) is 21.6. The first-order valence-corrected chi connectivity index (χ1v) is 10.5. The van der Waals surface area contributed by atoms with Crippen LogP contribution < -0.4 is 5.32 Å². The summed E-state index contributed by atoms with van der Waals surface area (Å²) in [7, 11) is -3.66. The molecule has 0 bridgehead atoms. The van der Waals surface area contributed by atoms with Crippen LogP contribution in [0.2, 0.25) is 0 Å². The highest BCUT2D eigenvalue weighted by atomic mass is 32.2. The van der Waals surface area contributed by atoms with E-state index >= 15 is 0 Å². The number of nitrogens with one attached hydrogen (secondary N) is 1. The molecule has 2 aromatic carbocycles. The van der Waals surface area contributed by atoms with Crippen LogP contribution in [0.25, 0.3) is 0 Å². The van der Waals surface area contributed by atoms with Gasteiger partial charge in [-0.05, 0) is 42.5 Å². The molecule has 1 amide bonds. The predicted molar refractivity (Wildman–Crippen MR) is 106 cm³/mol. The quantitative estimate of drug-likeness (QED) is 0.688. The van der Waals surface area contributed by atoms with E-state index in [2.05, 4.69) is 5.32 Å². The van der Waals surface area contributed by atoms with E-state index in [9.17, 15) is 18.0 Å². The van der Waals surface area contributed by atoms with Gasteiger partial charge in [-0.25, -0.2) is 13.2 Å².